The molecule has 0 saturated carbocycles. The maximum absolute atomic E-state index is 15.2. The highest BCUT2D eigenvalue weighted by molar-refractivity contribution is 7.99. The van der Waals surface area contributed by atoms with Gasteiger partial charge in [-0.3, -0.25) is 9.29 Å². The molecule has 1 atom stereocenters. The number of nitrogens with one attached hydrogen (secondary N) is 1. The monoisotopic (exact) mass is 559 g/mol. The molecule has 1 fully saturated rings. The van der Waals surface area contributed by atoms with E-state index in [1.165, 1.54) is 27.6 Å². The molecule has 9 nitrogen and oxygen atoms in total. The van der Waals surface area contributed by atoms with Crippen molar-refractivity contribution < 1.29 is 27.8 Å². The zero-order chi connectivity index (χ0) is 28.0. The molecule has 12 heteroatoms. The minimum atomic E-state index is -0.665. The molecule has 2 aromatic carbocycles. The molecule has 1 aliphatic rings. The van der Waals surface area contributed by atoms with E-state index in [-0.39, 0.29) is 25.6 Å². The average Bonchev–Trinajstić information content (AvgIpc) is 3.54. The molecule has 1 aromatic heterocycles. The normalized spacial score (nSPS) is 15.4. The number of hydrogen-bond donors (Lipinski definition) is 1. The van der Waals surface area contributed by atoms with E-state index in [0.29, 0.717) is 34.1 Å². The van der Waals surface area contributed by atoms with Crippen LogP contribution < -0.4 is 4.90 Å². The number of rotatable bonds is 10. The molecular formula is C27H31F2N5O4S. The number of aromatic nitrogens is 3. The molecule has 2 heterocycles. The van der Waals surface area contributed by atoms with Gasteiger partial charge in [0.2, 0.25) is 0 Å². The van der Waals surface area contributed by atoms with Crippen LogP contribution in [-0.2, 0) is 16.0 Å². The minimum Gasteiger partial charge on any atom is -0.444 e. The molecule has 2 amide bonds. The van der Waals surface area contributed by atoms with Gasteiger partial charge in [0.05, 0.1) is 25.1 Å². The summed E-state index contributed by atoms with van der Waals surface area (Å²) in [5.74, 6) is 0.0210. The van der Waals surface area contributed by atoms with Crippen LogP contribution in [0.1, 0.15) is 32.8 Å². The van der Waals surface area contributed by atoms with E-state index < -0.39 is 30.3 Å². The van der Waals surface area contributed by atoms with Gasteiger partial charge in [0.1, 0.15) is 22.5 Å². The number of cyclic esters (lactones) is 1. The van der Waals surface area contributed by atoms with Crippen molar-refractivity contribution in [2.45, 2.75) is 50.5 Å². The summed E-state index contributed by atoms with van der Waals surface area (Å²) in [6.45, 7) is 5.55. The fourth-order valence-corrected chi connectivity index (χ4v) is 4.75. The fraction of sp³-hybridized carbons (Fsp3) is 0.407. The van der Waals surface area contributed by atoms with Crippen LogP contribution in [-0.4, -0.2) is 69.7 Å². The van der Waals surface area contributed by atoms with Gasteiger partial charge in [-0.15, -0.1) is 5.10 Å². The van der Waals surface area contributed by atoms with Gasteiger partial charge in [0, 0.05) is 24.4 Å². The molecule has 0 aliphatic carbocycles. The van der Waals surface area contributed by atoms with Crippen LogP contribution in [0.25, 0.3) is 11.1 Å². The van der Waals surface area contributed by atoms with Crippen molar-refractivity contribution in [1.29, 1.82) is 0 Å². The van der Waals surface area contributed by atoms with Crippen LogP contribution in [0.3, 0.4) is 0 Å². The van der Waals surface area contributed by atoms with E-state index in [4.69, 9.17) is 9.47 Å². The predicted octanol–water partition coefficient (Wildman–Crippen LogP) is 5.83. The Bertz CT molecular complexity index is 1270. The van der Waals surface area contributed by atoms with Gasteiger partial charge in [-0.2, -0.15) is 10.3 Å². The second-order valence-electron chi connectivity index (χ2n) is 10.0. The Hall–Kier alpha value is -3.67. The SMILES string of the molecule is CC(C)(C)OC(=O)N(CCCF)Cc1ccc(-c2ccc(N3CC(CSc4cn[nH]n4)OC3=O)cc2F)cc1. The van der Waals surface area contributed by atoms with E-state index >= 15 is 4.39 Å². The maximum Gasteiger partial charge on any atom is 0.414 e. The lowest BCUT2D eigenvalue weighted by Gasteiger charge is -2.27. The summed E-state index contributed by atoms with van der Waals surface area (Å²) in [6.07, 6.45) is 0.393. The fourth-order valence-electron chi connectivity index (χ4n) is 3.99. The lowest BCUT2D eigenvalue weighted by atomic mass is 10.0. The molecule has 1 unspecified atom stereocenters. The minimum absolute atomic E-state index is 0.209. The number of amides is 2. The van der Waals surface area contributed by atoms with Crippen LogP contribution in [0, 0.1) is 5.82 Å². The number of anilines is 1. The van der Waals surface area contributed by atoms with Crippen molar-refractivity contribution in [3.05, 3.63) is 60.0 Å². The maximum atomic E-state index is 15.2. The lowest BCUT2D eigenvalue weighted by molar-refractivity contribution is 0.0228. The zero-order valence-electron chi connectivity index (χ0n) is 22.0. The number of carbonyl (C=O) groups is 2. The highest BCUT2D eigenvalue weighted by Gasteiger charge is 2.33. The van der Waals surface area contributed by atoms with Gasteiger partial charge < -0.3 is 14.4 Å². The summed E-state index contributed by atoms with van der Waals surface area (Å²) in [5.41, 5.74) is 1.56. The van der Waals surface area contributed by atoms with Gasteiger partial charge in [0.15, 0.2) is 0 Å². The third kappa shape index (κ3) is 7.69. The topological polar surface area (TPSA) is 101 Å². The number of alkyl halides is 1. The van der Waals surface area contributed by atoms with Crippen molar-refractivity contribution in [2.75, 3.05) is 30.4 Å². The Morgan fingerprint density at radius 2 is 2.03 bits per heavy atom. The smallest absolute Gasteiger partial charge is 0.414 e. The summed E-state index contributed by atoms with van der Waals surface area (Å²) in [4.78, 5) is 27.8. The second-order valence-corrected chi connectivity index (χ2v) is 11.1. The van der Waals surface area contributed by atoms with Crippen molar-refractivity contribution in [3.8, 4) is 11.1 Å². The summed E-state index contributed by atoms with van der Waals surface area (Å²) in [5, 5.41) is 10.9. The van der Waals surface area contributed by atoms with Crippen molar-refractivity contribution >= 4 is 29.6 Å². The molecule has 4 rings (SSSR count). The number of halogens is 2. The van der Waals surface area contributed by atoms with Crippen molar-refractivity contribution in [2.24, 2.45) is 0 Å². The molecule has 0 bridgehead atoms. The number of thioether (sulfide) groups is 1. The third-order valence-electron chi connectivity index (χ3n) is 5.80. The first-order valence-electron chi connectivity index (χ1n) is 12.5. The standard InChI is InChI=1S/C27H31F2N5O4S/c1-27(2,3)38-25(35)33(12-4-11-28)15-18-5-7-19(8-6-18)22-10-9-20(13-23(22)29)34-16-21(37-26(34)36)17-39-24-14-30-32-31-24/h5-10,13-14,21H,4,11-12,15-17H2,1-3H3,(H,30,31,32). The molecule has 1 saturated heterocycles. The first-order chi connectivity index (χ1) is 18.6. The summed E-state index contributed by atoms with van der Waals surface area (Å²) in [6, 6.07) is 11.7. The number of carbonyl (C=O) groups excluding carboxylic acids is 2. The molecule has 1 N–H and O–H groups in total. The zero-order valence-corrected chi connectivity index (χ0v) is 22.8. The molecule has 0 spiro atoms. The van der Waals surface area contributed by atoms with Crippen LogP contribution in [0.2, 0.25) is 0 Å². The van der Waals surface area contributed by atoms with E-state index in [1.807, 2.05) is 0 Å². The Morgan fingerprint density at radius 1 is 1.26 bits per heavy atom. The van der Waals surface area contributed by atoms with Gasteiger partial charge in [-0.1, -0.05) is 36.0 Å². The molecule has 0 radical (unpaired) electrons. The lowest BCUT2D eigenvalue weighted by Crippen LogP contribution is -2.37. The van der Waals surface area contributed by atoms with E-state index in [9.17, 15) is 14.0 Å². The number of ether oxygens (including phenoxy) is 2. The van der Waals surface area contributed by atoms with Crippen LogP contribution in [0.4, 0.5) is 24.1 Å². The van der Waals surface area contributed by atoms with Crippen LogP contribution >= 0.6 is 11.8 Å². The van der Waals surface area contributed by atoms with E-state index in [0.717, 1.165) is 5.56 Å². The van der Waals surface area contributed by atoms with Gasteiger partial charge in [0.25, 0.3) is 0 Å². The number of aromatic amines is 1. The number of hydrogen-bond acceptors (Lipinski definition) is 7. The Kier molecular flexibility index (Phi) is 9.05. The molecular weight excluding hydrogens is 528 g/mol. The van der Waals surface area contributed by atoms with Gasteiger partial charge in [-0.05, 0) is 56.5 Å². The third-order valence-corrected chi connectivity index (χ3v) is 6.83. The molecule has 39 heavy (non-hydrogen) atoms. The average molecular weight is 560 g/mol. The van der Waals surface area contributed by atoms with E-state index in [1.54, 1.807) is 63.4 Å². The number of nitrogens with zero attached hydrogens (tertiary/aromatic N) is 4. The van der Waals surface area contributed by atoms with Crippen LogP contribution in [0.15, 0.2) is 53.7 Å². The molecule has 208 valence electrons. The quantitative estimate of drug-likeness (QED) is 0.312. The predicted molar refractivity (Wildman–Crippen MR) is 144 cm³/mol. The Balaban J connectivity index is 1.40. The van der Waals surface area contributed by atoms with Crippen LogP contribution in [0.5, 0.6) is 0 Å². The van der Waals surface area contributed by atoms with Crippen molar-refractivity contribution in [1.82, 2.24) is 20.3 Å². The summed E-state index contributed by atoms with van der Waals surface area (Å²) in [7, 11) is 0. The summed E-state index contributed by atoms with van der Waals surface area (Å²) < 4.78 is 38.8. The second kappa shape index (κ2) is 12.5. The Morgan fingerprint density at radius 3 is 2.67 bits per heavy atom. The first-order valence-corrected chi connectivity index (χ1v) is 13.5. The molecule has 1 aliphatic heterocycles. The van der Waals surface area contributed by atoms with Gasteiger partial charge >= 0.3 is 12.2 Å². The summed E-state index contributed by atoms with van der Waals surface area (Å²) >= 11 is 1.41. The number of benzene rings is 2. The first kappa shape index (κ1) is 28.3. The molecule has 3 aromatic rings. The number of H-pyrrole nitrogens is 1. The highest BCUT2D eigenvalue weighted by atomic mass is 32.2. The van der Waals surface area contributed by atoms with Gasteiger partial charge in [-0.25, -0.2) is 14.0 Å². The largest absolute Gasteiger partial charge is 0.444 e. The highest BCUT2D eigenvalue weighted by Crippen LogP contribution is 2.30. The van der Waals surface area contributed by atoms with E-state index in [2.05, 4.69) is 15.4 Å². The van der Waals surface area contributed by atoms with Crippen molar-refractivity contribution in [3.63, 3.8) is 0 Å². The Labute approximate surface area is 229 Å².